The molecule has 204 valence electrons. The maximum absolute atomic E-state index is 12.6. The second-order valence-electron chi connectivity index (χ2n) is 10.7. The summed E-state index contributed by atoms with van der Waals surface area (Å²) in [5.74, 6) is 0. The zero-order chi connectivity index (χ0) is 26.1. The Bertz CT molecular complexity index is 965. The third-order valence-electron chi connectivity index (χ3n) is 7.52. The van der Waals surface area contributed by atoms with Crippen molar-refractivity contribution in [2.24, 2.45) is 0 Å². The number of hydrogen-bond donors (Lipinski definition) is 1. The highest BCUT2D eigenvalue weighted by molar-refractivity contribution is 7.86. The first-order valence-electron chi connectivity index (χ1n) is 15.0. The molecule has 0 bridgehead atoms. The van der Waals surface area contributed by atoms with E-state index in [1.165, 1.54) is 96.3 Å². The van der Waals surface area contributed by atoms with Crippen molar-refractivity contribution in [1.29, 1.82) is 0 Å². The van der Waals surface area contributed by atoms with Gasteiger partial charge in [-0.1, -0.05) is 147 Å². The first kappa shape index (κ1) is 30.8. The standard InChI is InChI=1S/C32H52O3S/c1-3-5-7-9-11-13-15-17-19-22-28-24-21-25-29-26-27-30(32(31(28)29)36(33,34)35)23-20-18-16-14-12-10-8-6-4-2/h21,24-27H,3-20,22-23H2,1-2H3,(H,33,34,35). The van der Waals surface area contributed by atoms with E-state index in [1.54, 1.807) is 0 Å². The van der Waals surface area contributed by atoms with Gasteiger partial charge in [0.1, 0.15) is 4.90 Å². The van der Waals surface area contributed by atoms with Gasteiger partial charge in [-0.2, -0.15) is 8.42 Å². The molecule has 3 nitrogen and oxygen atoms in total. The first-order valence-corrected chi connectivity index (χ1v) is 16.4. The van der Waals surface area contributed by atoms with Crippen LogP contribution in [-0.4, -0.2) is 13.0 Å². The fraction of sp³-hybridized carbons (Fsp3) is 0.688. The number of unbranched alkanes of at least 4 members (excludes halogenated alkanes) is 16. The average Bonchev–Trinajstić information content (AvgIpc) is 2.86. The van der Waals surface area contributed by atoms with Crippen LogP contribution in [-0.2, 0) is 23.0 Å². The van der Waals surface area contributed by atoms with Crippen molar-refractivity contribution in [1.82, 2.24) is 0 Å². The number of rotatable bonds is 21. The van der Waals surface area contributed by atoms with Crippen LogP contribution in [0.1, 0.15) is 141 Å². The number of benzene rings is 2. The average molecular weight is 517 g/mol. The monoisotopic (exact) mass is 516 g/mol. The summed E-state index contributed by atoms with van der Waals surface area (Å²) in [5, 5.41) is 1.65. The minimum absolute atomic E-state index is 0.158. The van der Waals surface area contributed by atoms with Crippen LogP contribution in [0.5, 0.6) is 0 Å². The lowest BCUT2D eigenvalue weighted by Crippen LogP contribution is -2.06. The van der Waals surface area contributed by atoms with Crippen LogP contribution < -0.4 is 0 Å². The molecule has 2 rings (SSSR count). The molecule has 0 saturated carbocycles. The molecule has 0 saturated heterocycles. The van der Waals surface area contributed by atoms with Gasteiger partial charge in [0, 0.05) is 5.39 Å². The van der Waals surface area contributed by atoms with Crippen LogP contribution in [0.25, 0.3) is 10.8 Å². The first-order chi connectivity index (χ1) is 17.5. The maximum atomic E-state index is 12.6. The Morgan fingerprint density at radius 3 is 1.47 bits per heavy atom. The topological polar surface area (TPSA) is 54.4 Å². The lowest BCUT2D eigenvalue weighted by molar-refractivity contribution is 0.482. The van der Waals surface area contributed by atoms with Gasteiger partial charge >= 0.3 is 0 Å². The maximum Gasteiger partial charge on any atom is 0.295 e. The van der Waals surface area contributed by atoms with Crippen molar-refractivity contribution in [3.05, 3.63) is 41.5 Å². The van der Waals surface area contributed by atoms with Gasteiger partial charge < -0.3 is 0 Å². The van der Waals surface area contributed by atoms with Crippen LogP contribution in [0.15, 0.2) is 35.2 Å². The molecule has 0 radical (unpaired) electrons. The predicted octanol–water partition coefficient (Wildman–Crippen LogP) is 10.2. The Balaban J connectivity index is 1.95. The molecular formula is C32H52O3S. The molecule has 4 heteroatoms. The lowest BCUT2D eigenvalue weighted by Gasteiger charge is -2.15. The summed E-state index contributed by atoms with van der Waals surface area (Å²) >= 11 is 0. The fourth-order valence-electron chi connectivity index (χ4n) is 5.41. The normalized spacial score (nSPS) is 12.0. The highest BCUT2D eigenvalue weighted by Crippen LogP contribution is 2.32. The van der Waals surface area contributed by atoms with Gasteiger partial charge in [0.25, 0.3) is 10.1 Å². The number of aryl methyl sites for hydroxylation is 2. The van der Waals surface area contributed by atoms with E-state index in [4.69, 9.17) is 0 Å². The van der Waals surface area contributed by atoms with Gasteiger partial charge in [-0.15, -0.1) is 0 Å². The molecule has 2 aromatic rings. The van der Waals surface area contributed by atoms with Crippen LogP contribution in [0.3, 0.4) is 0 Å². The quantitative estimate of drug-likeness (QED) is 0.133. The van der Waals surface area contributed by atoms with E-state index >= 15 is 0 Å². The van der Waals surface area contributed by atoms with Crippen LogP contribution >= 0.6 is 0 Å². The molecule has 36 heavy (non-hydrogen) atoms. The molecule has 2 aromatic carbocycles. The van der Waals surface area contributed by atoms with Gasteiger partial charge in [-0.3, -0.25) is 4.55 Å². The second kappa shape index (κ2) is 18.0. The van der Waals surface area contributed by atoms with Gasteiger partial charge in [0.2, 0.25) is 0 Å². The smallest absolute Gasteiger partial charge is 0.282 e. The predicted molar refractivity (Wildman–Crippen MR) is 156 cm³/mol. The fourth-order valence-corrected chi connectivity index (χ4v) is 6.42. The van der Waals surface area contributed by atoms with Crippen molar-refractivity contribution in [3.8, 4) is 0 Å². The molecule has 0 aliphatic heterocycles. The van der Waals surface area contributed by atoms with Gasteiger partial charge in [-0.05, 0) is 42.2 Å². The van der Waals surface area contributed by atoms with E-state index < -0.39 is 10.1 Å². The van der Waals surface area contributed by atoms with Crippen LogP contribution in [0.4, 0.5) is 0 Å². The molecule has 0 heterocycles. The van der Waals surface area contributed by atoms with Crippen molar-refractivity contribution >= 4 is 20.9 Å². The third-order valence-corrected chi connectivity index (χ3v) is 8.51. The molecule has 0 aliphatic carbocycles. The summed E-state index contributed by atoms with van der Waals surface area (Å²) < 4.78 is 35.4. The van der Waals surface area contributed by atoms with E-state index in [2.05, 4.69) is 13.8 Å². The van der Waals surface area contributed by atoms with Crippen molar-refractivity contribution in [3.63, 3.8) is 0 Å². The molecule has 0 aliphatic rings. The molecule has 0 aromatic heterocycles. The van der Waals surface area contributed by atoms with E-state index in [-0.39, 0.29) is 4.90 Å². The van der Waals surface area contributed by atoms with Gasteiger partial charge in [0.05, 0.1) is 0 Å². The SMILES string of the molecule is CCCCCCCCCCCc1ccc2cccc(CCCCCCCCCCC)c2c1S(=O)(=O)O. The highest BCUT2D eigenvalue weighted by Gasteiger charge is 2.21. The summed E-state index contributed by atoms with van der Waals surface area (Å²) in [7, 11) is -4.29. The summed E-state index contributed by atoms with van der Waals surface area (Å²) in [6.45, 7) is 4.49. The van der Waals surface area contributed by atoms with Crippen molar-refractivity contribution in [2.75, 3.05) is 0 Å². The van der Waals surface area contributed by atoms with Crippen LogP contribution in [0, 0.1) is 0 Å². The molecule has 0 spiro atoms. The molecule has 0 amide bonds. The zero-order valence-corrected chi connectivity index (χ0v) is 24.0. The number of hydrogen-bond acceptors (Lipinski definition) is 2. The van der Waals surface area contributed by atoms with Crippen molar-refractivity contribution in [2.45, 2.75) is 147 Å². The van der Waals surface area contributed by atoms with Gasteiger partial charge in [-0.25, -0.2) is 0 Å². The Labute approximate surface area is 222 Å². The van der Waals surface area contributed by atoms with E-state index in [1.807, 2.05) is 30.3 Å². The molecule has 0 unspecified atom stereocenters. The Hall–Kier alpha value is -1.39. The Kier molecular flexibility index (Phi) is 15.4. The molecule has 0 atom stereocenters. The Morgan fingerprint density at radius 1 is 0.556 bits per heavy atom. The summed E-state index contributed by atoms with van der Waals surface area (Å²) in [6, 6.07) is 9.97. The van der Waals surface area contributed by atoms with E-state index in [0.29, 0.717) is 6.42 Å². The lowest BCUT2D eigenvalue weighted by atomic mass is 9.95. The molecule has 1 N–H and O–H groups in total. The van der Waals surface area contributed by atoms with E-state index in [9.17, 15) is 13.0 Å². The Morgan fingerprint density at radius 2 is 1.00 bits per heavy atom. The number of fused-ring (bicyclic) bond motifs is 1. The third kappa shape index (κ3) is 11.3. The van der Waals surface area contributed by atoms with Crippen molar-refractivity contribution < 1.29 is 13.0 Å². The molecular weight excluding hydrogens is 464 g/mol. The summed E-state index contributed by atoms with van der Waals surface area (Å²) in [4.78, 5) is 0.158. The zero-order valence-electron chi connectivity index (χ0n) is 23.2. The van der Waals surface area contributed by atoms with Crippen LogP contribution in [0.2, 0.25) is 0 Å². The van der Waals surface area contributed by atoms with Gasteiger partial charge in [0.15, 0.2) is 0 Å². The highest BCUT2D eigenvalue weighted by atomic mass is 32.2. The largest absolute Gasteiger partial charge is 0.295 e. The minimum atomic E-state index is -4.29. The summed E-state index contributed by atoms with van der Waals surface area (Å²) in [6.07, 6.45) is 24.1. The second-order valence-corrected chi connectivity index (χ2v) is 12.1. The minimum Gasteiger partial charge on any atom is -0.282 e. The summed E-state index contributed by atoms with van der Waals surface area (Å²) in [5.41, 5.74) is 1.82. The molecule has 0 fully saturated rings. The van der Waals surface area contributed by atoms with E-state index in [0.717, 1.165) is 47.6 Å².